The summed E-state index contributed by atoms with van der Waals surface area (Å²) in [6.45, 7) is 2.00. The first-order valence-corrected chi connectivity index (χ1v) is 7.85. The standard InChI is InChI=1S/C15H13Br2ClO/c1-9-3-4-11(8-13(9)18)15(17)10-5-6-14(19-2)12(16)7-10/h3-8,15H,1-2H3. The highest BCUT2D eigenvalue weighted by Gasteiger charge is 2.13. The topological polar surface area (TPSA) is 9.23 Å². The van der Waals surface area contributed by atoms with E-state index in [1.54, 1.807) is 7.11 Å². The van der Waals surface area contributed by atoms with Gasteiger partial charge >= 0.3 is 0 Å². The molecule has 0 saturated heterocycles. The highest BCUT2D eigenvalue weighted by Crippen LogP contribution is 2.36. The van der Waals surface area contributed by atoms with Gasteiger partial charge in [0.1, 0.15) is 5.75 Å². The van der Waals surface area contributed by atoms with Crippen molar-refractivity contribution >= 4 is 43.5 Å². The first-order valence-electron chi connectivity index (χ1n) is 5.76. The van der Waals surface area contributed by atoms with Gasteiger partial charge in [0.2, 0.25) is 0 Å². The summed E-state index contributed by atoms with van der Waals surface area (Å²) in [6.07, 6.45) is 0. The van der Waals surface area contributed by atoms with Gasteiger partial charge in [0.15, 0.2) is 0 Å². The van der Waals surface area contributed by atoms with Gasteiger partial charge in [-0.05, 0) is 57.7 Å². The van der Waals surface area contributed by atoms with E-state index < -0.39 is 0 Å². The van der Waals surface area contributed by atoms with Gasteiger partial charge in [-0.2, -0.15) is 0 Å². The van der Waals surface area contributed by atoms with Crippen molar-refractivity contribution < 1.29 is 4.74 Å². The van der Waals surface area contributed by atoms with E-state index in [0.717, 1.165) is 31.9 Å². The van der Waals surface area contributed by atoms with Gasteiger partial charge in [0.05, 0.1) is 16.4 Å². The van der Waals surface area contributed by atoms with Crippen LogP contribution in [0, 0.1) is 6.92 Å². The average molecular weight is 405 g/mol. The van der Waals surface area contributed by atoms with Crippen LogP contribution in [-0.2, 0) is 0 Å². The van der Waals surface area contributed by atoms with Gasteiger partial charge in [-0.3, -0.25) is 0 Å². The van der Waals surface area contributed by atoms with Crippen molar-refractivity contribution in [3.63, 3.8) is 0 Å². The molecule has 0 fully saturated rings. The first kappa shape index (κ1) is 14.9. The van der Waals surface area contributed by atoms with Crippen LogP contribution >= 0.6 is 43.5 Å². The molecule has 0 bridgehead atoms. The maximum absolute atomic E-state index is 6.17. The molecule has 2 rings (SSSR count). The van der Waals surface area contributed by atoms with Crippen molar-refractivity contribution in [2.45, 2.75) is 11.8 Å². The van der Waals surface area contributed by atoms with E-state index in [2.05, 4.69) is 37.9 Å². The Kier molecular flexibility index (Phi) is 4.93. The van der Waals surface area contributed by atoms with E-state index >= 15 is 0 Å². The van der Waals surface area contributed by atoms with E-state index in [1.807, 2.05) is 37.3 Å². The normalized spacial score (nSPS) is 12.3. The molecule has 19 heavy (non-hydrogen) atoms. The highest BCUT2D eigenvalue weighted by atomic mass is 79.9. The zero-order chi connectivity index (χ0) is 14.0. The lowest BCUT2D eigenvalue weighted by molar-refractivity contribution is 0.412. The van der Waals surface area contributed by atoms with Crippen LogP contribution in [0.4, 0.5) is 0 Å². The zero-order valence-electron chi connectivity index (χ0n) is 10.6. The fourth-order valence-electron chi connectivity index (χ4n) is 1.80. The van der Waals surface area contributed by atoms with Gasteiger partial charge in [-0.25, -0.2) is 0 Å². The molecule has 4 heteroatoms. The Hall–Kier alpha value is -0.510. The Labute approximate surface area is 135 Å². The molecule has 2 aromatic rings. The van der Waals surface area contributed by atoms with Crippen LogP contribution in [0.5, 0.6) is 5.75 Å². The van der Waals surface area contributed by atoms with E-state index in [0.29, 0.717) is 0 Å². The molecular formula is C15H13Br2ClO. The minimum atomic E-state index is 0.104. The molecule has 0 aromatic heterocycles. The second-order valence-electron chi connectivity index (χ2n) is 4.27. The summed E-state index contributed by atoms with van der Waals surface area (Å²) < 4.78 is 6.18. The number of aryl methyl sites for hydroxylation is 1. The van der Waals surface area contributed by atoms with Crippen LogP contribution in [0.2, 0.25) is 5.02 Å². The lowest BCUT2D eigenvalue weighted by Crippen LogP contribution is -1.94. The Bertz CT molecular complexity index is 599. The number of ether oxygens (including phenoxy) is 1. The van der Waals surface area contributed by atoms with Crippen molar-refractivity contribution in [2.24, 2.45) is 0 Å². The second kappa shape index (κ2) is 6.29. The van der Waals surface area contributed by atoms with E-state index in [-0.39, 0.29) is 4.83 Å². The molecule has 2 aromatic carbocycles. The maximum Gasteiger partial charge on any atom is 0.133 e. The number of benzene rings is 2. The molecule has 0 aliphatic carbocycles. The first-order chi connectivity index (χ1) is 9.02. The predicted octanol–water partition coefficient (Wildman–Crippen LogP) is 5.90. The largest absolute Gasteiger partial charge is 0.496 e. The molecule has 0 radical (unpaired) electrons. The quantitative estimate of drug-likeness (QED) is 0.579. The maximum atomic E-state index is 6.17. The van der Waals surface area contributed by atoms with Crippen molar-refractivity contribution in [1.29, 1.82) is 0 Å². The number of halogens is 3. The Morgan fingerprint density at radius 3 is 2.32 bits per heavy atom. The molecule has 0 amide bonds. The lowest BCUT2D eigenvalue weighted by atomic mass is 10.0. The summed E-state index contributed by atoms with van der Waals surface area (Å²) in [5.74, 6) is 0.824. The summed E-state index contributed by atoms with van der Waals surface area (Å²) >= 11 is 13.4. The van der Waals surface area contributed by atoms with E-state index in [4.69, 9.17) is 16.3 Å². The smallest absolute Gasteiger partial charge is 0.133 e. The highest BCUT2D eigenvalue weighted by molar-refractivity contribution is 9.10. The molecule has 100 valence electrons. The van der Waals surface area contributed by atoms with E-state index in [1.165, 1.54) is 0 Å². The summed E-state index contributed by atoms with van der Waals surface area (Å²) in [7, 11) is 1.66. The Morgan fingerprint density at radius 2 is 1.74 bits per heavy atom. The number of hydrogen-bond acceptors (Lipinski definition) is 1. The number of alkyl halides is 1. The van der Waals surface area contributed by atoms with Crippen LogP contribution in [0.15, 0.2) is 40.9 Å². The zero-order valence-corrected chi connectivity index (χ0v) is 14.5. The molecule has 1 atom stereocenters. The molecule has 0 spiro atoms. The van der Waals surface area contributed by atoms with Crippen LogP contribution in [-0.4, -0.2) is 7.11 Å². The van der Waals surface area contributed by atoms with Crippen LogP contribution < -0.4 is 4.74 Å². The molecule has 0 N–H and O–H groups in total. The molecule has 1 nitrogen and oxygen atoms in total. The number of rotatable bonds is 3. The average Bonchev–Trinajstić information content (AvgIpc) is 2.41. The molecular weight excluding hydrogens is 391 g/mol. The number of methoxy groups -OCH3 is 1. The monoisotopic (exact) mass is 402 g/mol. The molecule has 0 aliphatic heterocycles. The second-order valence-corrected chi connectivity index (χ2v) is 6.44. The van der Waals surface area contributed by atoms with Gasteiger partial charge in [0.25, 0.3) is 0 Å². The third-order valence-corrected chi connectivity index (χ3v) is 5.04. The summed E-state index contributed by atoms with van der Waals surface area (Å²) in [5, 5.41) is 0.787. The van der Waals surface area contributed by atoms with Gasteiger partial charge < -0.3 is 4.74 Å². The Balaban J connectivity index is 2.35. The number of hydrogen-bond donors (Lipinski definition) is 0. The fraction of sp³-hybridized carbons (Fsp3) is 0.200. The molecule has 0 heterocycles. The summed E-state index contributed by atoms with van der Waals surface area (Å²) in [4.78, 5) is 0.104. The minimum absolute atomic E-state index is 0.104. The predicted molar refractivity (Wildman–Crippen MR) is 87.7 cm³/mol. The van der Waals surface area contributed by atoms with Crippen LogP contribution in [0.1, 0.15) is 21.5 Å². The van der Waals surface area contributed by atoms with Gasteiger partial charge in [0, 0.05) is 5.02 Å². The SMILES string of the molecule is COc1ccc(C(Br)c2ccc(C)c(Cl)c2)cc1Br. The third-order valence-electron chi connectivity index (χ3n) is 2.96. The summed E-state index contributed by atoms with van der Waals surface area (Å²) in [6, 6.07) is 12.1. The molecule has 1 unspecified atom stereocenters. The lowest BCUT2D eigenvalue weighted by Gasteiger charge is -2.13. The summed E-state index contributed by atoms with van der Waals surface area (Å²) in [5.41, 5.74) is 3.36. The minimum Gasteiger partial charge on any atom is -0.496 e. The van der Waals surface area contributed by atoms with Gasteiger partial charge in [-0.1, -0.05) is 45.7 Å². The van der Waals surface area contributed by atoms with Crippen LogP contribution in [0.3, 0.4) is 0 Å². The Morgan fingerprint density at radius 1 is 1.11 bits per heavy atom. The van der Waals surface area contributed by atoms with Crippen molar-refractivity contribution in [3.8, 4) is 5.75 Å². The molecule has 0 aliphatic rings. The fourth-order valence-corrected chi connectivity index (χ4v) is 3.12. The van der Waals surface area contributed by atoms with Crippen molar-refractivity contribution in [3.05, 3.63) is 62.6 Å². The van der Waals surface area contributed by atoms with Crippen molar-refractivity contribution in [2.75, 3.05) is 7.11 Å². The molecule has 0 saturated carbocycles. The van der Waals surface area contributed by atoms with Crippen LogP contribution in [0.25, 0.3) is 0 Å². The van der Waals surface area contributed by atoms with E-state index in [9.17, 15) is 0 Å². The third kappa shape index (κ3) is 3.33. The van der Waals surface area contributed by atoms with Gasteiger partial charge in [-0.15, -0.1) is 0 Å². The van der Waals surface area contributed by atoms with Crippen molar-refractivity contribution in [1.82, 2.24) is 0 Å².